The first-order valence-corrected chi connectivity index (χ1v) is 7.84. The summed E-state index contributed by atoms with van der Waals surface area (Å²) in [6.07, 6.45) is 1.52. The van der Waals surface area contributed by atoms with Gasteiger partial charge in [0.1, 0.15) is 12.4 Å². The third-order valence-electron chi connectivity index (χ3n) is 3.90. The average Bonchev–Trinajstić information content (AvgIpc) is 3.00. The zero-order valence-electron chi connectivity index (χ0n) is 12.9. The van der Waals surface area contributed by atoms with Crippen molar-refractivity contribution in [3.8, 4) is 5.75 Å². The molecule has 23 heavy (non-hydrogen) atoms. The highest BCUT2D eigenvalue weighted by atomic mass is 35.5. The van der Waals surface area contributed by atoms with Gasteiger partial charge in [0.15, 0.2) is 0 Å². The van der Waals surface area contributed by atoms with Gasteiger partial charge in [-0.05, 0) is 37.5 Å². The Bertz CT molecular complexity index is 578. The molecule has 1 aliphatic carbocycles. The number of amides is 1. The Morgan fingerprint density at radius 1 is 1.30 bits per heavy atom. The summed E-state index contributed by atoms with van der Waals surface area (Å²) in [5, 5.41) is 12.2. The Balaban J connectivity index is 1.91. The third-order valence-corrected chi connectivity index (χ3v) is 4.19. The third kappa shape index (κ3) is 4.84. The second-order valence-electron chi connectivity index (χ2n) is 5.52. The van der Waals surface area contributed by atoms with Crippen LogP contribution in [0, 0.1) is 11.8 Å². The molecule has 1 aliphatic rings. The summed E-state index contributed by atoms with van der Waals surface area (Å²) >= 11 is 6.12. The van der Waals surface area contributed by atoms with Gasteiger partial charge < -0.3 is 19.9 Å². The molecule has 6 nitrogen and oxygen atoms in total. The first kappa shape index (κ1) is 17.6. The molecule has 1 saturated carbocycles. The maximum atomic E-state index is 12.2. The SMILES string of the molecule is COCCOc1ccc(NC(=O)[C@@H]2CC[C@H](C(=O)O)C2)cc1Cl. The Kier molecular flexibility index (Phi) is 6.24. The highest BCUT2D eigenvalue weighted by molar-refractivity contribution is 6.32. The fourth-order valence-corrected chi connectivity index (χ4v) is 2.85. The molecule has 1 aromatic carbocycles. The van der Waals surface area contributed by atoms with E-state index in [1.807, 2.05) is 0 Å². The quantitative estimate of drug-likeness (QED) is 0.745. The van der Waals surface area contributed by atoms with Crippen molar-refractivity contribution in [1.29, 1.82) is 0 Å². The van der Waals surface area contributed by atoms with Gasteiger partial charge in [0.25, 0.3) is 0 Å². The van der Waals surface area contributed by atoms with Gasteiger partial charge >= 0.3 is 5.97 Å². The standard InChI is InChI=1S/C16H20ClNO5/c1-22-6-7-23-14-5-4-12(9-13(14)17)18-15(19)10-2-3-11(8-10)16(20)21/h4-5,9-11H,2-3,6-8H2,1H3,(H,18,19)(H,20,21)/t10-,11+/m1/s1. The van der Waals surface area contributed by atoms with E-state index in [-0.39, 0.29) is 11.8 Å². The topological polar surface area (TPSA) is 84.9 Å². The Morgan fingerprint density at radius 3 is 2.65 bits per heavy atom. The molecule has 1 aromatic rings. The Hall–Kier alpha value is -1.79. The van der Waals surface area contributed by atoms with Gasteiger partial charge in [-0.1, -0.05) is 11.6 Å². The molecule has 2 rings (SSSR count). The van der Waals surface area contributed by atoms with E-state index < -0.39 is 11.9 Å². The molecule has 0 radical (unpaired) electrons. The second kappa shape index (κ2) is 8.17. The van der Waals surface area contributed by atoms with Crippen LogP contribution in [0.3, 0.4) is 0 Å². The van der Waals surface area contributed by atoms with Crippen molar-refractivity contribution in [2.45, 2.75) is 19.3 Å². The number of halogens is 1. The number of hydrogen-bond acceptors (Lipinski definition) is 4. The van der Waals surface area contributed by atoms with E-state index in [0.717, 1.165) is 0 Å². The van der Waals surface area contributed by atoms with E-state index >= 15 is 0 Å². The lowest BCUT2D eigenvalue weighted by Crippen LogP contribution is -2.21. The molecule has 0 unspecified atom stereocenters. The van der Waals surface area contributed by atoms with Crippen LogP contribution in [0.25, 0.3) is 0 Å². The number of carbonyl (C=O) groups is 2. The van der Waals surface area contributed by atoms with Gasteiger partial charge in [0.05, 0.1) is 17.5 Å². The number of anilines is 1. The van der Waals surface area contributed by atoms with E-state index in [2.05, 4.69) is 5.32 Å². The number of aliphatic carboxylic acids is 1. The molecule has 2 atom stereocenters. The summed E-state index contributed by atoms with van der Waals surface area (Å²) < 4.78 is 10.3. The predicted octanol–water partition coefficient (Wildman–Crippen LogP) is 2.80. The van der Waals surface area contributed by atoms with Crippen molar-refractivity contribution in [2.24, 2.45) is 11.8 Å². The lowest BCUT2D eigenvalue weighted by molar-refractivity contribution is -0.141. The molecule has 0 aliphatic heterocycles. The van der Waals surface area contributed by atoms with Crippen LogP contribution in [-0.2, 0) is 14.3 Å². The molecule has 2 N–H and O–H groups in total. The molecule has 0 bridgehead atoms. The molecule has 1 fully saturated rings. The minimum Gasteiger partial charge on any atom is -0.490 e. The van der Waals surface area contributed by atoms with Crippen molar-refractivity contribution >= 4 is 29.2 Å². The lowest BCUT2D eigenvalue weighted by Gasteiger charge is -2.13. The molecule has 1 amide bonds. The van der Waals surface area contributed by atoms with Crippen LogP contribution in [0.1, 0.15) is 19.3 Å². The van der Waals surface area contributed by atoms with E-state index in [4.69, 9.17) is 26.2 Å². The summed E-state index contributed by atoms with van der Waals surface area (Å²) in [6, 6.07) is 5.00. The maximum absolute atomic E-state index is 12.2. The van der Waals surface area contributed by atoms with E-state index in [0.29, 0.717) is 48.9 Å². The molecule has 0 spiro atoms. The van der Waals surface area contributed by atoms with Crippen LogP contribution >= 0.6 is 11.6 Å². The van der Waals surface area contributed by atoms with Gasteiger partial charge in [-0.2, -0.15) is 0 Å². The molecule has 0 heterocycles. The molecule has 0 aromatic heterocycles. The molecule has 126 valence electrons. The smallest absolute Gasteiger partial charge is 0.306 e. The number of methoxy groups -OCH3 is 1. The monoisotopic (exact) mass is 341 g/mol. The van der Waals surface area contributed by atoms with Crippen molar-refractivity contribution in [2.75, 3.05) is 25.6 Å². The molecular formula is C16H20ClNO5. The number of rotatable bonds is 7. The lowest BCUT2D eigenvalue weighted by atomic mass is 10.0. The van der Waals surface area contributed by atoms with E-state index in [1.54, 1.807) is 25.3 Å². The zero-order chi connectivity index (χ0) is 16.8. The molecule has 0 saturated heterocycles. The zero-order valence-corrected chi connectivity index (χ0v) is 13.6. The van der Waals surface area contributed by atoms with Gasteiger partial charge in [-0.25, -0.2) is 0 Å². The van der Waals surface area contributed by atoms with E-state index in [9.17, 15) is 9.59 Å². The summed E-state index contributed by atoms with van der Waals surface area (Å²) in [5.41, 5.74) is 0.567. The van der Waals surface area contributed by atoms with Gasteiger partial charge in [0.2, 0.25) is 5.91 Å². The highest BCUT2D eigenvalue weighted by Crippen LogP contribution is 2.33. The molecule has 7 heteroatoms. The van der Waals surface area contributed by atoms with Crippen LogP contribution in [0.2, 0.25) is 5.02 Å². The minimum absolute atomic E-state index is 0.169. The largest absolute Gasteiger partial charge is 0.490 e. The van der Waals surface area contributed by atoms with Gasteiger partial charge in [-0.15, -0.1) is 0 Å². The van der Waals surface area contributed by atoms with Gasteiger partial charge in [0, 0.05) is 18.7 Å². The van der Waals surface area contributed by atoms with Crippen molar-refractivity contribution in [3.63, 3.8) is 0 Å². The summed E-state index contributed by atoms with van der Waals surface area (Å²) in [4.78, 5) is 23.1. The van der Waals surface area contributed by atoms with Crippen molar-refractivity contribution < 1.29 is 24.2 Å². The number of hydrogen-bond donors (Lipinski definition) is 2. The molecular weight excluding hydrogens is 322 g/mol. The second-order valence-corrected chi connectivity index (χ2v) is 5.93. The fourth-order valence-electron chi connectivity index (χ4n) is 2.62. The summed E-state index contributed by atoms with van der Waals surface area (Å²) in [6.45, 7) is 0.849. The first-order valence-electron chi connectivity index (χ1n) is 7.46. The minimum atomic E-state index is -0.832. The van der Waals surface area contributed by atoms with Crippen LogP contribution in [-0.4, -0.2) is 37.3 Å². The van der Waals surface area contributed by atoms with Crippen LogP contribution in [0.5, 0.6) is 5.75 Å². The van der Waals surface area contributed by atoms with Gasteiger partial charge in [-0.3, -0.25) is 9.59 Å². The van der Waals surface area contributed by atoms with Crippen LogP contribution < -0.4 is 10.1 Å². The number of carbonyl (C=O) groups excluding carboxylic acids is 1. The summed E-state index contributed by atoms with van der Waals surface area (Å²) in [5.74, 6) is -1.18. The number of nitrogens with one attached hydrogen (secondary N) is 1. The normalized spacial score (nSPS) is 20.3. The average molecular weight is 342 g/mol. The Morgan fingerprint density at radius 2 is 2.04 bits per heavy atom. The highest BCUT2D eigenvalue weighted by Gasteiger charge is 2.33. The Labute approximate surface area is 139 Å². The first-order chi connectivity index (χ1) is 11.0. The number of carboxylic acids is 1. The van der Waals surface area contributed by atoms with Crippen LogP contribution in [0.4, 0.5) is 5.69 Å². The fraction of sp³-hybridized carbons (Fsp3) is 0.500. The number of ether oxygens (including phenoxy) is 2. The van der Waals surface area contributed by atoms with E-state index in [1.165, 1.54) is 0 Å². The van der Waals surface area contributed by atoms with Crippen molar-refractivity contribution in [3.05, 3.63) is 23.2 Å². The summed E-state index contributed by atoms with van der Waals surface area (Å²) in [7, 11) is 1.58. The predicted molar refractivity (Wildman–Crippen MR) is 85.9 cm³/mol. The van der Waals surface area contributed by atoms with Crippen LogP contribution in [0.15, 0.2) is 18.2 Å². The number of carboxylic acid groups (broad SMARTS) is 1. The van der Waals surface area contributed by atoms with Crippen molar-refractivity contribution in [1.82, 2.24) is 0 Å². The number of benzene rings is 1. The maximum Gasteiger partial charge on any atom is 0.306 e.